The summed E-state index contributed by atoms with van der Waals surface area (Å²) in [4.78, 5) is 17.4. The van der Waals surface area contributed by atoms with Gasteiger partial charge in [-0.2, -0.15) is 13.2 Å². The smallest absolute Gasteiger partial charge is 0.352 e. The fourth-order valence-electron chi connectivity index (χ4n) is 2.45. The van der Waals surface area contributed by atoms with Crippen molar-refractivity contribution in [3.63, 3.8) is 0 Å². The van der Waals surface area contributed by atoms with E-state index >= 15 is 0 Å². The Morgan fingerprint density at radius 2 is 1.92 bits per heavy atom. The molecule has 0 saturated carbocycles. The Morgan fingerprint density at radius 1 is 1.08 bits per heavy atom. The van der Waals surface area contributed by atoms with Gasteiger partial charge in [-0.15, -0.1) is 11.3 Å². The van der Waals surface area contributed by atoms with E-state index in [0.717, 1.165) is 28.3 Å². The van der Waals surface area contributed by atoms with Gasteiger partial charge in [-0.25, -0.2) is 0 Å². The van der Waals surface area contributed by atoms with E-state index in [1.54, 1.807) is 23.6 Å². The highest BCUT2D eigenvalue weighted by atomic mass is 32.1. The maximum Gasteiger partial charge on any atom is 0.416 e. The Morgan fingerprint density at radius 3 is 2.65 bits per heavy atom. The van der Waals surface area contributed by atoms with E-state index in [-0.39, 0.29) is 12.3 Å². The zero-order valence-electron chi connectivity index (χ0n) is 13.6. The Bertz CT molecular complexity index is 892. The van der Waals surface area contributed by atoms with Gasteiger partial charge in [-0.05, 0) is 40.8 Å². The van der Waals surface area contributed by atoms with Gasteiger partial charge < -0.3 is 5.32 Å². The standard InChI is InChI=1S/C19H15F3N2OS/c20-19(21,22)15-4-1-3-13(9-15)11-18(25)24-12-14-6-7-23-16(10-14)17-5-2-8-26-17/h1-10H,11-12H2,(H,24,25). The lowest BCUT2D eigenvalue weighted by atomic mass is 10.1. The summed E-state index contributed by atoms with van der Waals surface area (Å²) in [6, 6.07) is 12.4. The number of benzene rings is 1. The number of amides is 1. The molecule has 3 nitrogen and oxygen atoms in total. The maximum atomic E-state index is 12.7. The van der Waals surface area contributed by atoms with Gasteiger partial charge in [0.2, 0.25) is 5.91 Å². The van der Waals surface area contributed by atoms with Crippen LogP contribution in [0.15, 0.2) is 60.1 Å². The first-order valence-corrected chi connectivity index (χ1v) is 8.71. The van der Waals surface area contributed by atoms with Crippen molar-refractivity contribution in [2.24, 2.45) is 0 Å². The normalized spacial score (nSPS) is 11.3. The minimum Gasteiger partial charge on any atom is -0.352 e. The molecule has 0 fully saturated rings. The maximum absolute atomic E-state index is 12.7. The first-order chi connectivity index (χ1) is 12.4. The summed E-state index contributed by atoms with van der Waals surface area (Å²) < 4.78 is 38.2. The summed E-state index contributed by atoms with van der Waals surface area (Å²) in [7, 11) is 0. The van der Waals surface area contributed by atoms with Crippen LogP contribution in [0.25, 0.3) is 10.6 Å². The van der Waals surface area contributed by atoms with Crippen LogP contribution in [-0.2, 0) is 23.9 Å². The first kappa shape index (κ1) is 18.1. The van der Waals surface area contributed by atoms with Crippen molar-refractivity contribution in [1.29, 1.82) is 0 Å². The average molecular weight is 376 g/mol. The summed E-state index contributed by atoms with van der Waals surface area (Å²) in [6.07, 6.45) is -2.85. The zero-order valence-corrected chi connectivity index (χ0v) is 14.4. The fraction of sp³-hybridized carbons (Fsp3) is 0.158. The van der Waals surface area contributed by atoms with E-state index in [4.69, 9.17) is 0 Å². The highest BCUT2D eigenvalue weighted by Gasteiger charge is 2.30. The van der Waals surface area contributed by atoms with Gasteiger partial charge in [0.1, 0.15) is 0 Å². The Labute approximate surface area is 152 Å². The number of carbonyl (C=O) groups excluding carboxylic acids is 1. The van der Waals surface area contributed by atoms with Crippen LogP contribution in [0.3, 0.4) is 0 Å². The van der Waals surface area contributed by atoms with E-state index in [9.17, 15) is 18.0 Å². The molecule has 3 aromatic rings. The molecular formula is C19H15F3N2OS. The van der Waals surface area contributed by atoms with Crippen LogP contribution >= 0.6 is 11.3 Å². The number of nitrogens with one attached hydrogen (secondary N) is 1. The van der Waals surface area contributed by atoms with Crippen LogP contribution in [0, 0.1) is 0 Å². The van der Waals surface area contributed by atoms with Gasteiger partial charge in [0, 0.05) is 12.7 Å². The van der Waals surface area contributed by atoms with E-state index < -0.39 is 11.7 Å². The topological polar surface area (TPSA) is 42.0 Å². The van der Waals surface area contributed by atoms with Crippen LogP contribution in [0.1, 0.15) is 16.7 Å². The molecule has 1 amide bonds. The van der Waals surface area contributed by atoms with Gasteiger partial charge in [0.05, 0.1) is 22.6 Å². The number of halogens is 3. The van der Waals surface area contributed by atoms with Crippen LogP contribution in [-0.4, -0.2) is 10.9 Å². The molecule has 0 bridgehead atoms. The Hall–Kier alpha value is -2.67. The summed E-state index contributed by atoms with van der Waals surface area (Å²) in [6.45, 7) is 0.290. The van der Waals surface area contributed by atoms with Crippen molar-refractivity contribution < 1.29 is 18.0 Å². The predicted molar refractivity (Wildman–Crippen MR) is 94.5 cm³/mol. The number of hydrogen-bond donors (Lipinski definition) is 1. The number of thiophene rings is 1. The molecule has 1 aromatic carbocycles. The van der Waals surface area contributed by atoms with Crippen LogP contribution < -0.4 is 5.32 Å². The molecule has 0 unspecified atom stereocenters. The molecule has 0 aliphatic carbocycles. The minimum absolute atomic E-state index is 0.104. The van der Waals surface area contributed by atoms with Crippen molar-refractivity contribution in [1.82, 2.24) is 10.3 Å². The second-order valence-electron chi connectivity index (χ2n) is 5.68. The van der Waals surface area contributed by atoms with E-state index in [1.165, 1.54) is 12.1 Å². The number of rotatable bonds is 5. The average Bonchev–Trinajstić information content (AvgIpc) is 3.14. The molecule has 0 saturated heterocycles. The molecule has 2 heterocycles. The monoisotopic (exact) mass is 376 g/mol. The molecule has 0 spiro atoms. The van der Waals surface area contributed by atoms with Gasteiger partial charge >= 0.3 is 6.18 Å². The first-order valence-electron chi connectivity index (χ1n) is 7.83. The molecular weight excluding hydrogens is 361 g/mol. The van der Waals surface area contributed by atoms with Crippen LogP contribution in [0.5, 0.6) is 0 Å². The lowest BCUT2D eigenvalue weighted by molar-refractivity contribution is -0.137. The van der Waals surface area contributed by atoms with Crippen LogP contribution in [0.2, 0.25) is 0 Å². The van der Waals surface area contributed by atoms with Crippen molar-refractivity contribution >= 4 is 17.2 Å². The molecule has 2 aromatic heterocycles. The summed E-state index contributed by atoms with van der Waals surface area (Å²) >= 11 is 1.57. The van der Waals surface area contributed by atoms with Gasteiger partial charge in [-0.1, -0.05) is 24.3 Å². The molecule has 7 heteroatoms. The number of alkyl halides is 3. The number of hydrogen-bond acceptors (Lipinski definition) is 3. The molecule has 1 N–H and O–H groups in total. The Balaban J connectivity index is 1.60. The van der Waals surface area contributed by atoms with Gasteiger partial charge in [-0.3, -0.25) is 9.78 Å². The van der Waals surface area contributed by atoms with Crippen molar-refractivity contribution in [2.75, 3.05) is 0 Å². The molecule has 0 aliphatic heterocycles. The molecule has 0 radical (unpaired) electrons. The molecule has 0 aliphatic rings. The van der Waals surface area contributed by atoms with Crippen molar-refractivity contribution in [3.05, 3.63) is 76.8 Å². The van der Waals surface area contributed by atoms with Gasteiger partial charge in [0.25, 0.3) is 0 Å². The molecule has 26 heavy (non-hydrogen) atoms. The van der Waals surface area contributed by atoms with Crippen LogP contribution in [0.4, 0.5) is 13.2 Å². The largest absolute Gasteiger partial charge is 0.416 e. The molecule has 134 valence electrons. The number of aromatic nitrogens is 1. The second-order valence-corrected chi connectivity index (χ2v) is 6.63. The number of pyridine rings is 1. The number of carbonyl (C=O) groups is 1. The lowest BCUT2D eigenvalue weighted by Crippen LogP contribution is -2.24. The third kappa shape index (κ3) is 4.70. The minimum atomic E-state index is -4.41. The Kier molecular flexibility index (Phi) is 5.37. The SMILES string of the molecule is O=C(Cc1cccc(C(F)(F)F)c1)NCc1ccnc(-c2cccs2)c1. The zero-order chi connectivity index (χ0) is 18.6. The molecule has 3 rings (SSSR count). The van der Waals surface area contributed by atoms with Gasteiger partial charge in [0.15, 0.2) is 0 Å². The summed E-state index contributed by atoms with van der Waals surface area (Å²) in [5.41, 5.74) is 1.27. The van der Waals surface area contributed by atoms with Crippen molar-refractivity contribution in [3.8, 4) is 10.6 Å². The van der Waals surface area contributed by atoms with E-state index in [0.29, 0.717) is 12.1 Å². The van der Waals surface area contributed by atoms with E-state index in [2.05, 4.69) is 10.3 Å². The fourth-order valence-corrected chi connectivity index (χ4v) is 3.14. The highest BCUT2D eigenvalue weighted by molar-refractivity contribution is 7.13. The lowest BCUT2D eigenvalue weighted by Gasteiger charge is -2.09. The highest BCUT2D eigenvalue weighted by Crippen LogP contribution is 2.29. The third-order valence-electron chi connectivity index (χ3n) is 3.71. The molecule has 0 atom stereocenters. The summed E-state index contributed by atoms with van der Waals surface area (Å²) in [5.74, 6) is -0.334. The van der Waals surface area contributed by atoms with E-state index in [1.807, 2.05) is 23.6 Å². The summed E-state index contributed by atoms with van der Waals surface area (Å²) in [5, 5.41) is 4.69. The van der Waals surface area contributed by atoms with Crippen molar-refractivity contribution in [2.45, 2.75) is 19.1 Å². The third-order valence-corrected chi connectivity index (χ3v) is 4.60. The number of nitrogens with zero attached hydrogens (tertiary/aromatic N) is 1. The quantitative estimate of drug-likeness (QED) is 0.702. The second kappa shape index (κ2) is 7.70. The predicted octanol–water partition coefficient (Wildman–Crippen LogP) is 4.69.